The third-order valence-corrected chi connectivity index (χ3v) is 5.54. The van der Waals surface area contributed by atoms with Crippen molar-refractivity contribution in [1.82, 2.24) is 20.4 Å². The molecule has 6 nitrogen and oxygen atoms in total. The maximum Gasteiger partial charge on any atom is 0.191 e. The van der Waals surface area contributed by atoms with Crippen molar-refractivity contribution in [2.24, 2.45) is 4.99 Å². The smallest absolute Gasteiger partial charge is 0.191 e. The Labute approximate surface area is 183 Å². The van der Waals surface area contributed by atoms with E-state index in [2.05, 4.69) is 41.3 Å². The van der Waals surface area contributed by atoms with E-state index in [1.54, 1.807) is 0 Å². The quantitative estimate of drug-likeness (QED) is 0.223. The van der Waals surface area contributed by atoms with Crippen molar-refractivity contribution in [2.45, 2.75) is 64.5 Å². The van der Waals surface area contributed by atoms with Gasteiger partial charge in [0.1, 0.15) is 0 Å². The van der Waals surface area contributed by atoms with Gasteiger partial charge in [-0.05, 0) is 40.2 Å². The van der Waals surface area contributed by atoms with Gasteiger partial charge in [0.2, 0.25) is 0 Å². The largest absolute Gasteiger partial charge is 0.378 e. The van der Waals surface area contributed by atoms with Crippen LogP contribution in [0, 0.1) is 0 Å². The molecule has 160 valence electrons. The zero-order valence-corrected chi connectivity index (χ0v) is 20.0. The molecule has 7 heteroatoms. The summed E-state index contributed by atoms with van der Waals surface area (Å²) in [6.07, 6.45) is 8.11. The molecule has 0 radical (unpaired) electrons. The standard InChI is InChI=1S/C20H41N5O.HI/c1-4-21-20(22-11-8-16-26-19-9-6-5-7-10-19)23-17-18(2)25-14-12-24(3)13-15-25;/h18-19H,4-17H2,1-3H3,(H2,21,22,23);1H. The molecular weight excluding hydrogens is 453 g/mol. The van der Waals surface area contributed by atoms with Crippen molar-refractivity contribution in [2.75, 3.05) is 59.5 Å². The molecule has 1 aliphatic heterocycles. The SMILES string of the molecule is CCNC(=NCC(C)N1CCN(C)CC1)NCCCOC1CCCCC1.I. The fourth-order valence-corrected chi connectivity index (χ4v) is 3.70. The minimum atomic E-state index is 0. The van der Waals surface area contributed by atoms with Gasteiger partial charge < -0.3 is 20.3 Å². The van der Waals surface area contributed by atoms with Gasteiger partial charge in [-0.15, -0.1) is 24.0 Å². The van der Waals surface area contributed by atoms with E-state index < -0.39 is 0 Å². The lowest BCUT2D eigenvalue weighted by Gasteiger charge is -2.35. The first-order valence-electron chi connectivity index (χ1n) is 10.8. The number of nitrogens with one attached hydrogen (secondary N) is 2. The molecule has 2 fully saturated rings. The summed E-state index contributed by atoms with van der Waals surface area (Å²) in [5.41, 5.74) is 0. The molecule has 2 N–H and O–H groups in total. The summed E-state index contributed by atoms with van der Waals surface area (Å²) >= 11 is 0. The molecule has 1 saturated carbocycles. The van der Waals surface area contributed by atoms with Gasteiger partial charge in [0, 0.05) is 51.9 Å². The number of guanidine groups is 1. The van der Waals surface area contributed by atoms with E-state index in [0.29, 0.717) is 12.1 Å². The van der Waals surface area contributed by atoms with Crippen molar-refractivity contribution in [1.29, 1.82) is 0 Å². The van der Waals surface area contributed by atoms with E-state index in [9.17, 15) is 0 Å². The Morgan fingerprint density at radius 2 is 1.81 bits per heavy atom. The van der Waals surface area contributed by atoms with Gasteiger partial charge in [-0.1, -0.05) is 19.3 Å². The Morgan fingerprint density at radius 1 is 1.11 bits per heavy atom. The summed E-state index contributed by atoms with van der Waals surface area (Å²) in [5.74, 6) is 0.936. The van der Waals surface area contributed by atoms with Gasteiger partial charge in [-0.25, -0.2) is 0 Å². The van der Waals surface area contributed by atoms with Crippen LogP contribution in [-0.4, -0.2) is 87.4 Å². The summed E-state index contributed by atoms with van der Waals surface area (Å²) in [5, 5.41) is 6.82. The molecule has 0 aromatic carbocycles. The molecule has 0 aromatic heterocycles. The lowest BCUT2D eigenvalue weighted by atomic mass is 9.98. The zero-order chi connectivity index (χ0) is 18.6. The molecule has 0 amide bonds. The first-order chi connectivity index (χ1) is 12.7. The molecule has 1 unspecified atom stereocenters. The van der Waals surface area contributed by atoms with Crippen LogP contribution in [0.15, 0.2) is 4.99 Å². The molecule has 1 saturated heterocycles. The van der Waals surface area contributed by atoms with Crippen LogP contribution in [0.1, 0.15) is 52.4 Å². The second kappa shape index (κ2) is 14.8. The zero-order valence-electron chi connectivity index (χ0n) is 17.7. The van der Waals surface area contributed by atoms with Crippen LogP contribution in [-0.2, 0) is 4.74 Å². The Balaban J connectivity index is 0.00000364. The molecule has 1 atom stereocenters. The summed E-state index contributed by atoms with van der Waals surface area (Å²) < 4.78 is 6.00. The predicted molar refractivity (Wildman–Crippen MR) is 125 cm³/mol. The number of halogens is 1. The van der Waals surface area contributed by atoms with Gasteiger partial charge in [0.05, 0.1) is 12.6 Å². The van der Waals surface area contributed by atoms with E-state index in [4.69, 9.17) is 9.73 Å². The van der Waals surface area contributed by atoms with Crippen molar-refractivity contribution in [3.63, 3.8) is 0 Å². The van der Waals surface area contributed by atoms with Crippen LogP contribution in [0.25, 0.3) is 0 Å². The number of piperazine rings is 1. The van der Waals surface area contributed by atoms with Gasteiger partial charge >= 0.3 is 0 Å². The molecule has 27 heavy (non-hydrogen) atoms. The highest BCUT2D eigenvalue weighted by atomic mass is 127. The number of likely N-dealkylation sites (N-methyl/N-ethyl adjacent to an activating group) is 1. The third kappa shape index (κ3) is 10.3. The van der Waals surface area contributed by atoms with Crippen molar-refractivity contribution in [3.8, 4) is 0 Å². The molecule has 2 rings (SSSR count). The van der Waals surface area contributed by atoms with E-state index in [0.717, 1.165) is 64.8 Å². The lowest BCUT2D eigenvalue weighted by Crippen LogP contribution is -2.49. The topological polar surface area (TPSA) is 52.1 Å². The first kappa shape index (κ1) is 24.9. The Hall–Kier alpha value is -0.120. The monoisotopic (exact) mass is 495 g/mol. The molecule has 2 aliphatic rings. The molecule has 0 aromatic rings. The Morgan fingerprint density at radius 3 is 2.48 bits per heavy atom. The maximum atomic E-state index is 6.00. The molecule has 1 aliphatic carbocycles. The normalized spacial score (nSPS) is 21.5. The summed E-state index contributed by atoms with van der Waals surface area (Å²) in [6, 6.07) is 0.494. The number of aliphatic imine (C=N–C) groups is 1. The molecule has 0 spiro atoms. The molecule has 0 bridgehead atoms. The average Bonchev–Trinajstić information content (AvgIpc) is 2.67. The van der Waals surface area contributed by atoms with E-state index >= 15 is 0 Å². The number of hydrogen-bond donors (Lipinski definition) is 2. The van der Waals surface area contributed by atoms with Gasteiger partial charge in [0.25, 0.3) is 0 Å². The van der Waals surface area contributed by atoms with Crippen LogP contribution in [0.4, 0.5) is 0 Å². The summed E-state index contributed by atoms with van der Waals surface area (Å²) in [6.45, 7) is 12.5. The highest BCUT2D eigenvalue weighted by Crippen LogP contribution is 2.20. The van der Waals surface area contributed by atoms with Crippen LogP contribution in [0.3, 0.4) is 0 Å². The molecule has 1 heterocycles. The number of rotatable bonds is 9. The second-order valence-electron chi connectivity index (χ2n) is 7.82. The van der Waals surface area contributed by atoms with Crippen LogP contribution in [0.2, 0.25) is 0 Å². The van der Waals surface area contributed by atoms with Crippen LogP contribution < -0.4 is 10.6 Å². The fourth-order valence-electron chi connectivity index (χ4n) is 3.70. The number of ether oxygens (including phenoxy) is 1. The van der Waals surface area contributed by atoms with Crippen LogP contribution >= 0.6 is 24.0 Å². The maximum absolute atomic E-state index is 6.00. The average molecular weight is 495 g/mol. The number of nitrogens with zero attached hydrogens (tertiary/aromatic N) is 3. The van der Waals surface area contributed by atoms with Crippen molar-refractivity contribution >= 4 is 29.9 Å². The van der Waals surface area contributed by atoms with Crippen LogP contribution in [0.5, 0.6) is 0 Å². The van der Waals surface area contributed by atoms with E-state index in [1.165, 1.54) is 32.1 Å². The minimum absolute atomic E-state index is 0. The Kier molecular flexibility index (Phi) is 13.7. The number of hydrogen-bond acceptors (Lipinski definition) is 4. The highest BCUT2D eigenvalue weighted by Gasteiger charge is 2.18. The summed E-state index contributed by atoms with van der Waals surface area (Å²) in [4.78, 5) is 9.74. The van der Waals surface area contributed by atoms with Crippen molar-refractivity contribution in [3.05, 3.63) is 0 Å². The van der Waals surface area contributed by atoms with Gasteiger partial charge in [0.15, 0.2) is 5.96 Å². The van der Waals surface area contributed by atoms with E-state index in [-0.39, 0.29) is 24.0 Å². The van der Waals surface area contributed by atoms with Gasteiger partial charge in [-0.2, -0.15) is 0 Å². The third-order valence-electron chi connectivity index (χ3n) is 5.54. The predicted octanol–water partition coefficient (Wildman–Crippen LogP) is 2.53. The van der Waals surface area contributed by atoms with Gasteiger partial charge in [-0.3, -0.25) is 9.89 Å². The summed E-state index contributed by atoms with van der Waals surface area (Å²) in [7, 11) is 2.20. The molecular formula is C20H42IN5O. The fraction of sp³-hybridized carbons (Fsp3) is 0.950. The lowest BCUT2D eigenvalue weighted by molar-refractivity contribution is 0.0277. The highest BCUT2D eigenvalue weighted by molar-refractivity contribution is 14.0. The minimum Gasteiger partial charge on any atom is -0.378 e. The van der Waals surface area contributed by atoms with E-state index in [1.807, 2.05) is 0 Å². The second-order valence-corrected chi connectivity index (χ2v) is 7.82. The van der Waals surface area contributed by atoms with Crippen molar-refractivity contribution < 1.29 is 4.74 Å². The first-order valence-corrected chi connectivity index (χ1v) is 10.8. The Bertz CT molecular complexity index is 396.